The summed E-state index contributed by atoms with van der Waals surface area (Å²) >= 11 is 0. The summed E-state index contributed by atoms with van der Waals surface area (Å²) in [7, 11) is -5.06. The van der Waals surface area contributed by atoms with Crippen molar-refractivity contribution < 1.29 is 18.2 Å². The predicted molar refractivity (Wildman–Crippen MR) is 115 cm³/mol. The van der Waals surface area contributed by atoms with Crippen LogP contribution in [0.1, 0.15) is 39.7 Å². The van der Waals surface area contributed by atoms with Gasteiger partial charge in [-0.3, -0.25) is 9.13 Å². The van der Waals surface area contributed by atoms with Crippen molar-refractivity contribution in [3.8, 4) is 5.75 Å². The summed E-state index contributed by atoms with van der Waals surface area (Å²) in [4.78, 5) is 0. The molecule has 1 aliphatic rings. The molecule has 4 nitrogen and oxygen atoms in total. The molecule has 0 aliphatic heterocycles. The summed E-state index contributed by atoms with van der Waals surface area (Å²) in [6.45, 7) is 7.62. The number of allylic oxidation sites excluding steroid dienone is 3. The van der Waals surface area contributed by atoms with Crippen molar-refractivity contribution in [2.45, 2.75) is 40.5 Å². The van der Waals surface area contributed by atoms with Gasteiger partial charge >= 0.3 is 0 Å². The standard InChI is InChI=1S/C21H32O4P2/c1-5-26(22,6-2)24-20-13-9-18(10-14-20)17-19-11-15-21(16-12-19)25-27(23,7-3)8-4/h9-11,13-16,19H,5-8,12,17H2,1-4H3. The quantitative estimate of drug-likeness (QED) is 0.402. The average Bonchev–Trinajstić information content (AvgIpc) is 2.70. The highest BCUT2D eigenvalue weighted by Crippen LogP contribution is 2.49. The zero-order valence-corrected chi connectivity index (χ0v) is 18.7. The van der Waals surface area contributed by atoms with E-state index in [9.17, 15) is 9.13 Å². The van der Waals surface area contributed by atoms with Crippen molar-refractivity contribution in [2.75, 3.05) is 24.6 Å². The van der Waals surface area contributed by atoms with E-state index >= 15 is 0 Å². The summed E-state index contributed by atoms with van der Waals surface area (Å²) in [5, 5.41) is 0. The highest BCUT2D eigenvalue weighted by Gasteiger charge is 2.21. The first-order valence-corrected chi connectivity index (χ1v) is 13.9. The minimum Gasteiger partial charge on any atom is -0.443 e. The van der Waals surface area contributed by atoms with E-state index < -0.39 is 14.7 Å². The normalized spacial score (nSPS) is 17.5. The van der Waals surface area contributed by atoms with Crippen molar-refractivity contribution in [3.63, 3.8) is 0 Å². The fourth-order valence-corrected chi connectivity index (χ4v) is 5.38. The molecule has 1 aromatic rings. The summed E-state index contributed by atoms with van der Waals surface area (Å²) < 4.78 is 36.3. The number of hydrogen-bond acceptors (Lipinski definition) is 4. The third kappa shape index (κ3) is 6.40. The average molecular weight is 410 g/mol. The molecule has 1 unspecified atom stereocenters. The van der Waals surface area contributed by atoms with Gasteiger partial charge in [-0.2, -0.15) is 0 Å². The Labute approximate surface area is 164 Å². The van der Waals surface area contributed by atoms with Crippen LogP contribution in [0.4, 0.5) is 0 Å². The second kappa shape index (κ2) is 9.80. The molecule has 0 aromatic heterocycles. The van der Waals surface area contributed by atoms with E-state index in [4.69, 9.17) is 9.05 Å². The molecule has 1 aromatic carbocycles. The number of benzene rings is 1. The molecule has 0 radical (unpaired) electrons. The van der Waals surface area contributed by atoms with Crippen molar-refractivity contribution in [3.05, 3.63) is 53.8 Å². The molecule has 0 saturated carbocycles. The molecule has 0 N–H and O–H groups in total. The van der Waals surface area contributed by atoms with Crippen LogP contribution >= 0.6 is 14.7 Å². The van der Waals surface area contributed by atoms with Gasteiger partial charge in [0.15, 0.2) is 0 Å². The molecule has 27 heavy (non-hydrogen) atoms. The summed E-state index contributed by atoms with van der Waals surface area (Å²) in [5.41, 5.74) is 1.21. The molecule has 0 saturated heterocycles. The van der Waals surface area contributed by atoms with E-state index in [2.05, 4.69) is 6.08 Å². The Morgan fingerprint density at radius 1 is 0.889 bits per heavy atom. The highest BCUT2D eigenvalue weighted by atomic mass is 31.2. The van der Waals surface area contributed by atoms with Gasteiger partial charge in [-0.25, -0.2) is 0 Å². The molecule has 2 rings (SSSR count). The molecular weight excluding hydrogens is 378 g/mol. The smallest absolute Gasteiger partial charge is 0.247 e. The minimum atomic E-state index is -2.54. The van der Waals surface area contributed by atoms with Crippen molar-refractivity contribution in [2.24, 2.45) is 5.92 Å². The highest BCUT2D eigenvalue weighted by molar-refractivity contribution is 7.59. The van der Waals surface area contributed by atoms with Gasteiger partial charge in [0.1, 0.15) is 11.5 Å². The second-order valence-electron chi connectivity index (χ2n) is 6.89. The van der Waals surface area contributed by atoms with Crippen LogP contribution in [-0.2, 0) is 20.1 Å². The van der Waals surface area contributed by atoms with E-state index in [0.717, 1.165) is 18.6 Å². The van der Waals surface area contributed by atoms with Gasteiger partial charge in [-0.05, 0) is 48.6 Å². The van der Waals surface area contributed by atoms with Crippen molar-refractivity contribution in [1.82, 2.24) is 0 Å². The Hall–Kier alpha value is -1.24. The van der Waals surface area contributed by atoms with Crippen LogP contribution < -0.4 is 4.52 Å². The number of hydrogen-bond donors (Lipinski definition) is 0. The van der Waals surface area contributed by atoms with Crippen LogP contribution in [-0.4, -0.2) is 24.6 Å². The summed E-state index contributed by atoms with van der Waals surface area (Å²) in [5.74, 6) is 1.80. The van der Waals surface area contributed by atoms with Crippen LogP contribution in [0.2, 0.25) is 0 Å². The van der Waals surface area contributed by atoms with Crippen LogP contribution in [0.5, 0.6) is 5.75 Å². The lowest BCUT2D eigenvalue weighted by Crippen LogP contribution is -2.06. The first kappa shape index (κ1) is 22.1. The van der Waals surface area contributed by atoms with Crippen LogP contribution in [0.25, 0.3) is 0 Å². The van der Waals surface area contributed by atoms with Crippen LogP contribution in [0, 0.1) is 5.92 Å². The zero-order chi connectivity index (χ0) is 19.9. The lowest BCUT2D eigenvalue weighted by molar-refractivity contribution is 0.410. The maximum absolute atomic E-state index is 12.4. The van der Waals surface area contributed by atoms with Gasteiger partial charge in [0.05, 0.1) is 0 Å². The second-order valence-corrected chi connectivity index (χ2v) is 13.0. The number of rotatable bonds is 10. The van der Waals surface area contributed by atoms with Gasteiger partial charge < -0.3 is 9.05 Å². The fraction of sp³-hybridized carbons (Fsp3) is 0.524. The Balaban J connectivity index is 1.91. The van der Waals surface area contributed by atoms with E-state index in [1.165, 1.54) is 5.56 Å². The maximum atomic E-state index is 12.4. The Morgan fingerprint density at radius 2 is 1.44 bits per heavy atom. The Morgan fingerprint density at radius 3 is 1.93 bits per heavy atom. The minimum absolute atomic E-state index is 0.393. The molecular formula is C21H32O4P2. The molecule has 0 amide bonds. The first-order chi connectivity index (χ1) is 12.8. The summed E-state index contributed by atoms with van der Waals surface area (Å²) in [6, 6.07) is 7.89. The Kier molecular flexibility index (Phi) is 8.01. The van der Waals surface area contributed by atoms with E-state index in [-0.39, 0.29) is 0 Å². The lowest BCUT2D eigenvalue weighted by Gasteiger charge is -2.21. The first-order valence-electron chi connectivity index (χ1n) is 9.88. The Bertz CT molecular complexity index is 749. The lowest BCUT2D eigenvalue weighted by atomic mass is 9.93. The SMILES string of the molecule is CCP(=O)(CC)OC1=CCC(Cc2ccc(OP(=O)(CC)CC)cc2)C=C1. The zero-order valence-electron chi connectivity index (χ0n) is 16.9. The largest absolute Gasteiger partial charge is 0.443 e. The van der Waals surface area contributed by atoms with Crippen LogP contribution in [0.3, 0.4) is 0 Å². The monoisotopic (exact) mass is 410 g/mol. The van der Waals surface area contributed by atoms with E-state index in [1.54, 1.807) is 0 Å². The van der Waals surface area contributed by atoms with Gasteiger partial charge in [0.2, 0.25) is 14.7 Å². The van der Waals surface area contributed by atoms with E-state index in [0.29, 0.717) is 36.3 Å². The molecule has 0 bridgehead atoms. The van der Waals surface area contributed by atoms with Gasteiger partial charge in [-0.15, -0.1) is 0 Å². The van der Waals surface area contributed by atoms with E-state index in [1.807, 2.05) is 64.1 Å². The molecule has 0 fully saturated rings. The van der Waals surface area contributed by atoms with Gasteiger partial charge in [0.25, 0.3) is 0 Å². The fourth-order valence-electron chi connectivity index (χ4n) is 2.94. The van der Waals surface area contributed by atoms with Gasteiger partial charge in [0, 0.05) is 24.6 Å². The maximum Gasteiger partial charge on any atom is 0.247 e. The molecule has 0 heterocycles. The topological polar surface area (TPSA) is 52.6 Å². The summed E-state index contributed by atoms with van der Waals surface area (Å²) in [6.07, 6.45) is 10.1. The molecule has 1 atom stereocenters. The molecule has 0 spiro atoms. The molecule has 6 heteroatoms. The van der Waals surface area contributed by atoms with Crippen molar-refractivity contribution in [1.29, 1.82) is 0 Å². The third-order valence-electron chi connectivity index (χ3n) is 5.05. The molecule has 150 valence electrons. The molecule has 1 aliphatic carbocycles. The van der Waals surface area contributed by atoms with Gasteiger partial charge in [-0.1, -0.05) is 45.9 Å². The third-order valence-corrected chi connectivity index (χ3v) is 9.99. The van der Waals surface area contributed by atoms with Crippen molar-refractivity contribution >= 4 is 14.7 Å². The predicted octanol–water partition coefficient (Wildman–Crippen LogP) is 6.72. The van der Waals surface area contributed by atoms with Crippen LogP contribution in [0.15, 0.2) is 48.3 Å².